The van der Waals surface area contributed by atoms with Crippen LogP contribution in [-0.2, 0) is 13.1 Å². The molecule has 1 heterocycles. The van der Waals surface area contributed by atoms with Crippen LogP contribution in [0.4, 0.5) is 5.69 Å². The minimum absolute atomic E-state index is 0. The molecular formula is C23H27IN4O3. The molecule has 0 atom stereocenters. The van der Waals surface area contributed by atoms with Gasteiger partial charge >= 0.3 is 0 Å². The summed E-state index contributed by atoms with van der Waals surface area (Å²) in [6.07, 6.45) is 1.47. The van der Waals surface area contributed by atoms with Crippen LogP contribution in [0, 0.1) is 0 Å². The summed E-state index contributed by atoms with van der Waals surface area (Å²) >= 11 is 0. The maximum absolute atomic E-state index is 12.2. The first-order chi connectivity index (χ1) is 14.6. The second-order valence-corrected chi connectivity index (χ2v) is 6.70. The van der Waals surface area contributed by atoms with Crippen molar-refractivity contribution in [1.82, 2.24) is 10.2 Å². The fraction of sp³-hybridized carbons (Fsp3) is 0.217. The van der Waals surface area contributed by atoms with Crippen LogP contribution in [0.2, 0.25) is 0 Å². The van der Waals surface area contributed by atoms with Crippen molar-refractivity contribution in [1.29, 1.82) is 0 Å². The van der Waals surface area contributed by atoms with Crippen LogP contribution < -0.4 is 15.4 Å². The minimum atomic E-state index is -0.280. The lowest BCUT2D eigenvalue weighted by Crippen LogP contribution is -2.38. The molecule has 0 bridgehead atoms. The third kappa shape index (κ3) is 6.74. The van der Waals surface area contributed by atoms with Crippen molar-refractivity contribution >= 4 is 41.5 Å². The summed E-state index contributed by atoms with van der Waals surface area (Å²) in [6.45, 7) is 1.22. The van der Waals surface area contributed by atoms with Crippen molar-refractivity contribution in [3.63, 3.8) is 0 Å². The van der Waals surface area contributed by atoms with E-state index < -0.39 is 0 Å². The average Bonchev–Trinajstić information content (AvgIpc) is 3.30. The van der Waals surface area contributed by atoms with Gasteiger partial charge in [0.2, 0.25) is 0 Å². The van der Waals surface area contributed by atoms with E-state index in [9.17, 15) is 4.79 Å². The van der Waals surface area contributed by atoms with E-state index in [1.807, 2.05) is 60.5 Å². The van der Waals surface area contributed by atoms with Crippen LogP contribution >= 0.6 is 24.0 Å². The van der Waals surface area contributed by atoms with Gasteiger partial charge in [-0.15, -0.1) is 24.0 Å². The number of aliphatic imine (C=N–C) groups is 1. The Labute approximate surface area is 199 Å². The monoisotopic (exact) mass is 534 g/mol. The fourth-order valence-corrected chi connectivity index (χ4v) is 3.09. The van der Waals surface area contributed by atoms with E-state index >= 15 is 0 Å². The van der Waals surface area contributed by atoms with Gasteiger partial charge in [-0.1, -0.05) is 30.3 Å². The van der Waals surface area contributed by atoms with Crippen molar-refractivity contribution in [3.8, 4) is 5.75 Å². The molecule has 0 saturated heterocycles. The highest BCUT2D eigenvalue weighted by molar-refractivity contribution is 14.0. The molecule has 0 spiro atoms. The molecule has 164 valence electrons. The molecule has 1 aromatic heterocycles. The molecule has 0 unspecified atom stereocenters. The number of hydrogen-bond acceptors (Lipinski definition) is 4. The molecule has 3 rings (SSSR count). The van der Waals surface area contributed by atoms with Crippen LogP contribution in [0.15, 0.2) is 76.3 Å². The number of carbonyl (C=O) groups is 1. The number of halogens is 1. The maximum Gasteiger partial charge on any atom is 0.291 e. The number of rotatable bonds is 7. The van der Waals surface area contributed by atoms with E-state index in [-0.39, 0.29) is 35.6 Å². The predicted molar refractivity (Wildman–Crippen MR) is 133 cm³/mol. The molecule has 2 aromatic carbocycles. The number of ether oxygens (including phenoxy) is 1. The van der Waals surface area contributed by atoms with Gasteiger partial charge in [0.15, 0.2) is 11.7 Å². The summed E-state index contributed by atoms with van der Waals surface area (Å²) in [7, 11) is 5.40. The second-order valence-electron chi connectivity index (χ2n) is 6.70. The Hall–Kier alpha value is -3.01. The maximum atomic E-state index is 12.2. The number of hydrogen-bond donors (Lipinski definition) is 2. The van der Waals surface area contributed by atoms with E-state index in [1.165, 1.54) is 6.26 Å². The Morgan fingerprint density at radius 3 is 2.65 bits per heavy atom. The number of benzene rings is 2. The van der Waals surface area contributed by atoms with Gasteiger partial charge in [0.05, 0.1) is 13.4 Å². The number of guanidine groups is 1. The predicted octanol–water partition coefficient (Wildman–Crippen LogP) is 4.37. The summed E-state index contributed by atoms with van der Waals surface area (Å²) in [4.78, 5) is 18.6. The quantitative estimate of drug-likeness (QED) is 0.268. The second kappa shape index (κ2) is 12.0. The van der Waals surface area contributed by atoms with Crippen LogP contribution in [0.1, 0.15) is 21.7 Å². The van der Waals surface area contributed by atoms with E-state index in [0.717, 1.165) is 22.8 Å². The van der Waals surface area contributed by atoms with Crippen LogP contribution in [0.3, 0.4) is 0 Å². The summed E-state index contributed by atoms with van der Waals surface area (Å²) in [5.41, 5.74) is 2.79. The van der Waals surface area contributed by atoms with E-state index in [2.05, 4.69) is 15.6 Å². The topological polar surface area (TPSA) is 79.1 Å². The van der Waals surface area contributed by atoms with Gasteiger partial charge in [0.25, 0.3) is 5.91 Å². The average molecular weight is 534 g/mol. The standard InChI is InChI=1S/C23H26N4O3.HI/c1-24-23(27(2)16-18-9-4-5-11-20(18)29-3)25-15-17-8-6-10-19(14-17)26-22(28)21-12-7-13-30-21;/h4-14H,15-16H2,1-3H3,(H,24,25)(H,26,28);1H. The molecule has 0 fully saturated rings. The molecule has 1 amide bonds. The number of methoxy groups -OCH3 is 1. The van der Waals surface area contributed by atoms with Gasteiger partial charge in [-0.3, -0.25) is 9.79 Å². The molecule has 0 aliphatic heterocycles. The Morgan fingerprint density at radius 1 is 1.13 bits per heavy atom. The first-order valence-corrected chi connectivity index (χ1v) is 9.58. The van der Waals surface area contributed by atoms with Gasteiger partial charge in [-0.05, 0) is 35.9 Å². The van der Waals surface area contributed by atoms with Crippen molar-refractivity contribution < 1.29 is 13.9 Å². The molecule has 2 N–H and O–H groups in total. The molecule has 0 aliphatic rings. The van der Waals surface area contributed by atoms with E-state index in [0.29, 0.717) is 18.8 Å². The van der Waals surface area contributed by atoms with Crippen molar-refractivity contribution in [2.45, 2.75) is 13.1 Å². The summed E-state index contributed by atoms with van der Waals surface area (Å²) in [5.74, 6) is 1.60. The summed E-state index contributed by atoms with van der Waals surface area (Å²) in [6, 6.07) is 18.9. The summed E-state index contributed by atoms with van der Waals surface area (Å²) < 4.78 is 10.6. The lowest BCUT2D eigenvalue weighted by Gasteiger charge is -2.23. The molecular weight excluding hydrogens is 507 g/mol. The van der Waals surface area contributed by atoms with Crippen LogP contribution in [-0.4, -0.2) is 38.0 Å². The number of para-hydroxylation sites is 1. The highest BCUT2D eigenvalue weighted by atomic mass is 127. The number of nitrogens with one attached hydrogen (secondary N) is 2. The Balaban J connectivity index is 0.00000341. The van der Waals surface area contributed by atoms with E-state index in [1.54, 1.807) is 26.3 Å². The van der Waals surface area contributed by atoms with Crippen LogP contribution in [0.25, 0.3) is 0 Å². The molecule has 8 heteroatoms. The number of furan rings is 1. The lowest BCUT2D eigenvalue weighted by atomic mass is 10.2. The van der Waals surface area contributed by atoms with Crippen molar-refractivity contribution in [3.05, 3.63) is 83.8 Å². The molecule has 31 heavy (non-hydrogen) atoms. The van der Waals surface area contributed by atoms with Gasteiger partial charge in [-0.2, -0.15) is 0 Å². The number of carbonyl (C=O) groups excluding carboxylic acids is 1. The molecule has 0 radical (unpaired) electrons. The van der Waals surface area contributed by atoms with E-state index in [4.69, 9.17) is 9.15 Å². The SMILES string of the molecule is CN=C(NCc1cccc(NC(=O)c2ccco2)c1)N(C)Cc1ccccc1OC.I. The zero-order valence-electron chi connectivity index (χ0n) is 17.8. The highest BCUT2D eigenvalue weighted by Crippen LogP contribution is 2.19. The Kier molecular flexibility index (Phi) is 9.39. The third-order valence-corrected chi connectivity index (χ3v) is 4.55. The molecule has 7 nitrogen and oxygen atoms in total. The summed E-state index contributed by atoms with van der Waals surface area (Å²) in [5, 5.41) is 6.19. The number of anilines is 1. The Bertz CT molecular complexity index is 1010. The zero-order valence-corrected chi connectivity index (χ0v) is 20.1. The number of amides is 1. The molecule has 0 aliphatic carbocycles. The highest BCUT2D eigenvalue weighted by Gasteiger charge is 2.11. The molecule has 0 saturated carbocycles. The van der Waals surface area contributed by atoms with Gasteiger partial charge < -0.3 is 24.7 Å². The first-order valence-electron chi connectivity index (χ1n) is 9.58. The van der Waals surface area contributed by atoms with Crippen LogP contribution in [0.5, 0.6) is 5.75 Å². The minimum Gasteiger partial charge on any atom is -0.496 e. The van der Waals surface area contributed by atoms with Gasteiger partial charge in [-0.25, -0.2) is 0 Å². The lowest BCUT2D eigenvalue weighted by molar-refractivity contribution is 0.0996. The van der Waals surface area contributed by atoms with Gasteiger partial charge in [0, 0.05) is 38.4 Å². The fourth-order valence-electron chi connectivity index (χ4n) is 3.09. The number of nitrogens with zero attached hydrogens (tertiary/aromatic N) is 2. The Morgan fingerprint density at radius 2 is 1.94 bits per heavy atom. The third-order valence-electron chi connectivity index (χ3n) is 4.55. The largest absolute Gasteiger partial charge is 0.496 e. The normalized spacial score (nSPS) is 10.7. The zero-order chi connectivity index (χ0) is 21.3. The van der Waals surface area contributed by atoms with Crippen molar-refractivity contribution in [2.24, 2.45) is 4.99 Å². The molecule has 3 aromatic rings. The van der Waals surface area contributed by atoms with Gasteiger partial charge in [0.1, 0.15) is 5.75 Å². The first kappa shape index (κ1) is 24.3. The smallest absolute Gasteiger partial charge is 0.291 e. The van der Waals surface area contributed by atoms with Crippen molar-refractivity contribution in [2.75, 3.05) is 26.5 Å².